The Hall–Kier alpha value is -4.66. The molecule has 8 heteroatoms. The second-order valence-corrected chi connectivity index (χ2v) is 11.3. The molecule has 2 unspecified atom stereocenters. The van der Waals surface area contributed by atoms with Gasteiger partial charge in [0.1, 0.15) is 11.5 Å². The largest absolute Gasteiger partial charge is 0.447 e. The Morgan fingerprint density at radius 2 is 0.955 bits per heavy atom. The Bertz CT molecular complexity index is 1510. The van der Waals surface area contributed by atoms with Gasteiger partial charge in [0.2, 0.25) is 0 Å². The zero-order chi connectivity index (χ0) is 30.6. The van der Waals surface area contributed by atoms with Gasteiger partial charge in [-0.25, -0.2) is 9.59 Å². The van der Waals surface area contributed by atoms with Crippen LogP contribution >= 0.6 is 0 Å². The molecule has 2 atom stereocenters. The topological polar surface area (TPSA) is 95.1 Å². The molecular weight excluding hydrogens is 556 g/mol. The van der Waals surface area contributed by atoms with Crippen molar-refractivity contribution < 1.29 is 28.5 Å². The van der Waals surface area contributed by atoms with Crippen molar-refractivity contribution in [2.24, 2.45) is 0 Å². The molecule has 0 spiro atoms. The highest BCUT2D eigenvalue weighted by atomic mass is 16.8. The van der Waals surface area contributed by atoms with Gasteiger partial charge in [-0.15, -0.1) is 0 Å². The summed E-state index contributed by atoms with van der Waals surface area (Å²) in [6.07, 6.45) is 1.40. The van der Waals surface area contributed by atoms with E-state index in [2.05, 4.69) is 10.6 Å². The van der Waals surface area contributed by atoms with Crippen LogP contribution in [0.25, 0.3) is 0 Å². The van der Waals surface area contributed by atoms with Crippen LogP contribution in [0, 0.1) is 13.8 Å². The van der Waals surface area contributed by atoms with Gasteiger partial charge >= 0.3 is 11.9 Å². The van der Waals surface area contributed by atoms with Crippen LogP contribution in [-0.2, 0) is 43.5 Å². The monoisotopic (exact) mass is 592 g/mol. The van der Waals surface area contributed by atoms with Crippen molar-refractivity contribution >= 4 is 11.9 Å². The Labute approximate surface area is 257 Å². The number of hydrogen-bond donors (Lipinski definition) is 2. The number of nitrogens with one attached hydrogen (secondary N) is 2. The first-order chi connectivity index (χ1) is 21.4. The fourth-order valence-corrected chi connectivity index (χ4v) is 5.74. The number of carbonyl (C=O) groups is 2. The molecule has 0 aromatic heterocycles. The first-order valence-electron chi connectivity index (χ1n) is 14.9. The van der Waals surface area contributed by atoms with Crippen LogP contribution in [0.15, 0.2) is 97.1 Å². The van der Waals surface area contributed by atoms with E-state index >= 15 is 0 Å². The lowest BCUT2D eigenvalue weighted by Crippen LogP contribution is -2.50. The highest BCUT2D eigenvalue weighted by Gasteiger charge is 2.47. The van der Waals surface area contributed by atoms with Crippen molar-refractivity contribution in [1.29, 1.82) is 0 Å². The molecule has 44 heavy (non-hydrogen) atoms. The van der Waals surface area contributed by atoms with Gasteiger partial charge in [0.05, 0.1) is 13.1 Å². The second kappa shape index (κ2) is 12.5. The smallest absolute Gasteiger partial charge is 0.421 e. The summed E-state index contributed by atoms with van der Waals surface area (Å²) in [5.41, 5.74) is 5.35. The zero-order valence-corrected chi connectivity index (χ0v) is 24.9. The molecule has 8 nitrogen and oxygen atoms in total. The van der Waals surface area contributed by atoms with Gasteiger partial charge in [0, 0.05) is 11.1 Å². The summed E-state index contributed by atoms with van der Waals surface area (Å²) in [5, 5.41) is 6.64. The number of hydrogen-bond acceptors (Lipinski definition) is 8. The summed E-state index contributed by atoms with van der Waals surface area (Å²) in [6, 6.07) is 30.2. The Balaban J connectivity index is 1.35. The molecule has 2 heterocycles. The third kappa shape index (κ3) is 6.18. The molecule has 2 N–H and O–H groups in total. The van der Waals surface area contributed by atoms with Crippen LogP contribution in [0.4, 0.5) is 0 Å². The van der Waals surface area contributed by atoms with Crippen molar-refractivity contribution in [3.05, 3.63) is 130 Å². The van der Waals surface area contributed by atoms with Gasteiger partial charge in [0.15, 0.2) is 0 Å². The normalized spacial score (nSPS) is 21.0. The van der Waals surface area contributed by atoms with Gasteiger partial charge in [-0.05, 0) is 75.2 Å². The lowest BCUT2D eigenvalue weighted by molar-refractivity contribution is -0.226. The van der Waals surface area contributed by atoms with Gasteiger partial charge in [0.25, 0.3) is 11.6 Å². The van der Waals surface area contributed by atoms with Crippen LogP contribution in [-0.4, -0.2) is 38.1 Å². The standard InChI is InChI=1S/C36H36N2O6/c1-25-11-15-29(16-12-25)41-35(23-37-21-19-27-7-3-5-9-31(27)35)43-33(39)34(40)44-36(42-30-17-13-26(2)14-18-30)24-38-22-20-28-8-4-6-10-32(28)36/h3-18,37-38H,19-24H2,1-2H3. The van der Waals surface area contributed by atoms with Gasteiger partial charge < -0.3 is 29.6 Å². The third-order valence-corrected chi connectivity index (χ3v) is 8.00. The Morgan fingerprint density at radius 3 is 1.36 bits per heavy atom. The average molecular weight is 593 g/mol. The van der Waals surface area contributed by atoms with Crippen LogP contribution in [0.3, 0.4) is 0 Å². The first kappa shape index (κ1) is 29.4. The minimum Gasteiger partial charge on any atom is -0.447 e. The molecular formula is C36H36N2O6. The average Bonchev–Trinajstić information content (AvgIpc) is 3.32. The number of carbonyl (C=O) groups excluding carboxylic acids is 2. The molecule has 0 saturated heterocycles. The summed E-state index contributed by atoms with van der Waals surface area (Å²) in [6.45, 7) is 5.51. The van der Waals surface area contributed by atoms with E-state index in [9.17, 15) is 9.59 Å². The number of rotatable bonds is 6. The molecule has 0 radical (unpaired) electrons. The molecule has 0 saturated carbocycles. The van der Waals surface area contributed by atoms with Crippen LogP contribution < -0.4 is 20.1 Å². The number of esters is 2. The van der Waals surface area contributed by atoms with E-state index in [0.717, 1.165) is 22.3 Å². The minimum absolute atomic E-state index is 0.131. The van der Waals surface area contributed by atoms with Crippen molar-refractivity contribution in [2.45, 2.75) is 38.3 Å². The second-order valence-electron chi connectivity index (χ2n) is 11.3. The minimum atomic E-state index is -1.62. The molecule has 0 amide bonds. The molecule has 4 aromatic carbocycles. The maximum absolute atomic E-state index is 13.8. The van der Waals surface area contributed by atoms with Gasteiger partial charge in [-0.3, -0.25) is 0 Å². The summed E-state index contributed by atoms with van der Waals surface area (Å²) < 4.78 is 25.1. The molecule has 0 aliphatic carbocycles. The van der Waals surface area contributed by atoms with Crippen molar-refractivity contribution in [3.63, 3.8) is 0 Å². The van der Waals surface area contributed by atoms with Crippen molar-refractivity contribution in [3.8, 4) is 11.5 Å². The fraction of sp³-hybridized carbons (Fsp3) is 0.278. The predicted octanol–water partition coefficient (Wildman–Crippen LogP) is 4.85. The summed E-state index contributed by atoms with van der Waals surface area (Å²) in [4.78, 5) is 27.6. The van der Waals surface area contributed by atoms with Gasteiger partial charge in [-0.2, -0.15) is 0 Å². The van der Waals surface area contributed by atoms with E-state index in [1.807, 2.05) is 111 Å². The Morgan fingerprint density at radius 1 is 0.568 bits per heavy atom. The molecule has 4 aromatic rings. The van der Waals surface area contributed by atoms with E-state index in [-0.39, 0.29) is 13.1 Å². The predicted molar refractivity (Wildman–Crippen MR) is 165 cm³/mol. The van der Waals surface area contributed by atoms with Crippen molar-refractivity contribution in [2.75, 3.05) is 26.2 Å². The van der Waals surface area contributed by atoms with E-state index in [4.69, 9.17) is 18.9 Å². The molecule has 0 fully saturated rings. The van der Waals surface area contributed by atoms with E-state index in [1.165, 1.54) is 0 Å². The summed E-state index contributed by atoms with van der Waals surface area (Å²) in [5.74, 6) is -4.63. The molecule has 226 valence electrons. The molecule has 0 bridgehead atoms. The van der Waals surface area contributed by atoms with Crippen LogP contribution in [0.1, 0.15) is 33.4 Å². The number of ether oxygens (including phenoxy) is 4. The van der Waals surface area contributed by atoms with E-state index in [1.54, 1.807) is 0 Å². The van der Waals surface area contributed by atoms with Crippen molar-refractivity contribution in [1.82, 2.24) is 10.6 Å². The van der Waals surface area contributed by atoms with E-state index < -0.39 is 23.5 Å². The lowest BCUT2D eigenvalue weighted by Gasteiger charge is -2.36. The summed E-state index contributed by atoms with van der Waals surface area (Å²) in [7, 11) is 0. The maximum atomic E-state index is 13.8. The maximum Gasteiger partial charge on any atom is 0.421 e. The fourth-order valence-electron chi connectivity index (χ4n) is 5.74. The highest BCUT2D eigenvalue weighted by molar-refractivity contribution is 6.29. The molecule has 2 aliphatic heterocycles. The quantitative estimate of drug-likeness (QED) is 0.187. The zero-order valence-electron chi connectivity index (χ0n) is 24.9. The van der Waals surface area contributed by atoms with Gasteiger partial charge in [-0.1, -0.05) is 83.9 Å². The first-order valence-corrected chi connectivity index (χ1v) is 14.9. The van der Waals surface area contributed by atoms with Crippen LogP contribution in [0.2, 0.25) is 0 Å². The number of aryl methyl sites for hydroxylation is 2. The van der Waals surface area contributed by atoms with E-state index in [0.29, 0.717) is 48.6 Å². The third-order valence-electron chi connectivity index (χ3n) is 8.00. The SMILES string of the molecule is Cc1ccc(OC2(OC(=O)C(=O)OC3(Oc4ccc(C)cc4)CNCCc4ccccc43)CNCCc3ccccc32)cc1. The lowest BCUT2D eigenvalue weighted by atomic mass is 9.98. The number of benzene rings is 4. The Kier molecular flexibility index (Phi) is 8.37. The highest BCUT2D eigenvalue weighted by Crippen LogP contribution is 2.36. The number of fused-ring (bicyclic) bond motifs is 2. The molecule has 6 rings (SSSR count). The van der Waals surface area contributed by atoms with Crippen LogP contribution in [0.5, 0.6) is 11.5 Å². The molecule has 2 aliphatic rings. The summed E-state index contributed by atoms with van der Waals surface area (Å²) >= 11 is 0.